The van der Waals surface area contributed by atoms with E-state index in [9.17, 15) is 9.59 Å². The third kappa shape index (κ3) is 4.34. The van der Waals surface area contributed by atoms with Crippen molar-refractivity contribution >= 4 is 56.9 Å². The summed E-state index contributed by atoms with van der Waals surface area (Å²) in [5.41, 5.74) is 2.37. The van der Waals surface area contributed by atoms with Crippen LogP contribution in [-0.4, -0.2) is 52.0 Å². The fourth-order valence-electron chi connectivity index (χ4n) is 3.99. The highest BCUT2D eigenvalue weighted by Crippen LogP contribution is 2.44. The number of likely N-dealkylation sites (tertiary alicyclic amines) is 1. The molecule has 0 radical (unpaired) electrons. The number of nitrogens with one attached hydrogen (secondary N) is 1. The second-order valence-corrected chi connectivity index (χ2v) is 10.4. The fourth-order valence-corrected chi connectivity index (χ4v) is 5.89. The highest BCUT2D eigenvalue weighted by atomic mass is 79.9. The first kappa shape index (κ1) is 21.5. The molecule has 1 spiro atoms. The van der Waals surface area contributed by atoms with Gasteiger partial charge in [0.2, 0.25) is 0 Å². The van der Waals surface area contributed by atoms with E-state index in [1.54, 1.807) is 6.07 Å². The number of rotatable bonds is 2. The smallest absolute Gasteiger partial charge is 0.321 e. The molecule has 0 bridgehead atoms. The van der Waals surface area contributed by atoms with Crippen molar-refractivity contribution in [1.29, 1.82) is 0 Å². The number of carbonyl (C=O) groups is 2. The molecule has 0 unspecified atom stereocenters. The number of hydrogen-bond acceptors (Lipinski definition) is 3. The van der Waals surface area contributed by atoms with E-state index in [1.807, 2.05) is 64.9 Å². The molecular weight excluding hydrogens is 486 g/mol. The quantitative estimate of drug-likeness (QED) is 0.572. The van der Waals surface area contributed by atoms with Gasteiger partial charge in [0, 0.05) is 46.1 Å². The minimum Gasteiger partial charge on any atom is -0.324 e. The zero-order chi connectivity index (χ0) is 21.3. The number of aryl methyl sites for hydroxylation is 1. The van der Waals surface area contributed by atoms with Crippen LogP contribution in [0.25, 0.3) is 0 Å². The molecule has 5 nitrogen and oxygen atoms in total. The molecule has 2 aliphatic rings. The number of thioether (sulfide) groups is 1. The predicted molar refractivity (Wildman–Crippen MR) is 126 cm³/mol. The van der Waals surface area contributed by atoms with Gasteiger partial charge in [-0.05, 0) is 61.7 Å². The Bertz CT molecular complexity index is 961. The van der Waals surface area contributed by atoms with Crippen molar-refractivity contribution in [1.82, 2.24) is 9.80 Å². The van der Waals surface area contributed by atoms with Gasteiger partial charge in [-0.3, -0.25) is 4.79 Å². The molecular formula is C22H23BrClN3O2S. The monoisotopic (exact) mass is 507 g/mol. The van der Waals surface area contributed by atoms with Gasteiger partial charge in [0.15, 0.2) is 0 Å². The van der Waals surface area contributed by atoms with Crippen molar-refractivity contribution in [2.45, 2.75) is 24.6 Å². The Kier molecular flexibility index (Phi) is 6.32. The van der Waals surface area contributed by atoms with Crippen molar-refractivity contribution in [3.05, 3.63) is 63.1 Å². The summed E-state index contributed by atoms with van der Waals surface area (Å²) in [5.74, 6) is 0.996. The summed E-state index contributed by atoms with van der Waals surface area (Å²) in [7, 11) is 0. The van der Waals surface area contributed by atoms with Gasteiger partial charge in [-0.15, -0.1) is 11.8 Å². The van der Waals surface area contributed by atoms with Crippen LogP contribution in [-0.2, 0) is 0 Å². The molecule has 2 saturated heterocycles. The van der Waals surface area contributed by atoms with E-state index in [1.165, 1.54) is 0 Å². The Morgan fingerprint density at radius 2 is 1.80 bits per heavy atom. The molecule has 0 aromatic heterocycles. The summed E-state index contributed by atoms with van der Waals surface area (Å²) < 4.78 is 0.957. The second kappa shape index (κ2) is 8.81. The van der Waals surface area contributed by atoms with Crippen LogP contribution in [0.15, 0.2) is 46.9 Å². The summed E-state index contributed by atoms with van der Waals surface area (Å²) in [4.78, 5) is 29.5. The van der Waals surface area contributed by atoms with E-state index in [0.717, 1.165) is 35.2 Å². The first-order valence-electron chi connectivity index (χ1n) is 9.92. The third-order valence-corrected chi connectivity index (χ3v) is 8.26. The standard InChI is InChI=1S/C22H23BrClN3O2S/c1-15-2-7-18(14-19(15)24)25-21(29)26-10-8-22(9-11-26)27(12-13-30-22)20(28)16-3-5-17(23)6-4-16/h2-7,14H,8-13H2,1H3,(H,25,29). The van der Waals surface area contributed by atoms with Gasteiger partial charge < -0.3 is 15.1 Å². The van der Waals surface area contributed by atoms with Crippen molar-refractivity contribution in [3.8, 4) is 0 Å². The first-order chi connectivity index (χ1) is 14.4. The number of nitrogens with zero attached hydrogens (tertiary/aromatic N) is 2. The lowest BCUT2D eigenvalue weighted by molar-refractivity contribution is 0.0585. The van der Waals surface area contributed by atoms with Gasteiger partial charge in [0.25, 0.3) is 5.91 Å². The number of piperidine rings is 1. The van der Waals surface area contributed by atoms with Crippen LogP contribution >= 0.6 is 39.3 Å². The van der Waals surface area contributed by atoms with Crippen molar-refractivity contribution in [3.63, 3.8) is 0 Å². The van der Waals surface area contributed by atoms with Crippen LogP contribution < -0.4 is 5.32 Å². The molecule has 0 atom stereocenters. The minimum atomic E-state index is -0.228. The summed E-state index contributed by atoms with van der Waals surface area (Å²) in [6.45, 7) is 3.90. The van der Waals surface area contributed by atoms with Crippen LogP contribution in [0.1, 0.15) is 28.8 Å². The Labute approximate surface area is 194 Å². The van der Waals surface area contributed by atoms with Gasteiger partial charge in [0.1, 0.15) is 0 Å². The van der Waals surface area contributed by atoms with E-state index in [4.69, 9.17) is 11.6 Å². The number of urea groups is 1. The van der Waals surface area contributed by atoms with E-state index in [2.05, 4.69) is 21.2 Å². The molecule has 4 rings (SSSR count). The molecule has 2 aliphatic heterocycles. The molecule has 2 aromatic rings. The van der Waals surface area contributed by atoms with E-state index >= 15 is 0 Å². The zero-order valence-electron chi connectivity index (χ0n) is 16.7. The predicted octanol–water partition coefficient (Wildman–Crippen LogP) is 5.62. The summed E-state index contributed by atoms with van der Waals surface area (Å²) >= 11 is 11.4. The lowest BCUT2D eigenvalue weighted by atomic mass is 10.0. The fraction of sp³-hybridized carbons (Fsp3) is 0.364. The molecule has 3 amide bonds. The average Bonchev–Trinajstić information content (AvgIpc) is 3.14. The maximum Gasteiger partial charge on any atom is 0.321 e. The molecule has 2 aromatic carbocycles. The van der Waals surface area contributed by atoms with E-state index in [0.29, 0.717) is 29.4 Å². The molecule has 0 aliphatic carbocycles. The number of amides is 3. The van der Waals surface area contributed by atoms with Crippen molar-refractivity contribution in [2.24, 2.45) is 0 Å². The van der Waals surface area contributed by atoms with Crippen LogP contribution in [0.5, 0.6) is 0 Å². The number of anilines is 1. The molecule has 1 N–H and O–H groups in total. The van der Waals surface area contributed by atoms with Gasteiger partial charge in [-0.2, -0.15) is 0 Å². The Balaban J connectivity index is 1.40. The number of halogens is 2. The van der Waals surface area contributed by atoms with Crippen LogP contribution in [0, 0.1) is 6.92 Å². The number of hydrogen-bond donors (Lipinski definition) is 1. The Morgan fingerprint density at radius 3 is 2.47 bits per heavy atom. The summed E-state index contributed by atoms with van der Waals surface area (Å²) in [6.07, 6.45) is 1.53. The topological polar surface area (TPSA) is 52.7 Å². The third-order valence-electron chi connectivity index (χ3n) is 5.77. The summed E-state index contributed by atoms with van der Waals surface area (Å²) in [6, 6.07) is 12.9. The largest absolute Gasteiger partial charge is 0.324 e. The Hall–Kier alpha value is -1.70. The minimum absolute atomic E-state index is 0.0692. The molecule has 30 heavy (non-hydrogen) atoms. The molecule has 2 heterocycles. The number of carbonyl (C=O) groups excluding carboxylic acids is 2. The van der Waals surface area contributed by atoms with E-state index in [-0.39, 0.29) is 16.8 Å². The highest BCUT2D eigenvalue weighted by Gasteiger charge is 2.47. The maximum absolute atomic E-state index is 13.1. The number of benzene rings is 2. The van der Waals surface area contributed by atoms with Gasteiger partial charge >= 0.3 is 6.03 Å². The first-order valence-corrected chi connectivity index (χ1v) is 12.1. The van der Waals surface area contributed by atoms with Crippen molar-refractivity contribution < 1.29 is 9.59 Å². The molecule has 0 saturated carbocycles. The highest BCUT2D eigenvalue weighted by molar-refractivity contribution is 9.10. The molecule has 2 fully saturated rings. The van der Waals surface area contributed by atoms with Crippen LogP contribution in [0.3, 0.4) is 0 Å². The zero-order valence-corrected chi connectivity index (χ0v) is 19.8. The van der Waals surface area contributed by atoms with Gasteiger partial charge in [-0.1, -0.05) is 33.6 Å². The van der Waals surface area contributed by atoms with E-state index < -0.39 is 0 Å². The normalized spacial score (nSPS) is 18.0. The molecule has 158 valence electrons. The SMILES string of the molecule is Cc1ccc(NC(=O)N2CCC3(CC2)SCCN3C(=O)c2ccc(Br)cc2)cc1Cl. The lowest BCUT2D eigenvalue weighted by Crippen LogP contribution is -2.54. The summed E-state index contributed by atoms with van der Waals surface area (Å²) in [5, 5.41) is 3.57. The lowest BCUT2D eigenvalue weighted by Gasteiger charge is -2.44. The molecule has 8 heteroatoms. The van der Waals surface area contributed by atoms with Gasteiger partial charge in [0.05, 0.1) is 4.87 Å². The van der Waals surface area contributed by atoms with Gasteiger partial charge in [-0.25, -0.2) is 4.79 Å². The van der Waals surface area contributed by atoms with Crippen LogP contribution in [0.4, 0.5) is 10.5 Å². The Morgan fingerprint density at radius 1 is 1.10 bits per heavy atom. The average molecular weight is 509 g/mol. The second-order valence-electron chi connectivity index (χ2n) is 7.64. The van der Waals surface area contributed by atoms with Crippen molar-refractivity contribution in [2.75, 3.05) is 30.7 Å². The maximum atomic E-state index is 13.1. The van der Waals surface area contributed by atoms with Crippen LogP contribution in [0.2, 0.25) is 5.02 Å².